The standard InChI is InChI=1S/C86H148N40O18S/c1-143-60-31-29-47(43-61(60)144-2)46-27-25-45(26-28-46)42-58(76(140)141)124-74(138)56(22-13-41-113-85(103)104)122-75(139)57(30-32-64(128)129)123-73(137)55(21-12-40-112-84(101)102)121-72(136)54(20-11-39-111-83(99)100)120-71(135)53(19-10-38-110-82(97)98)119-70(134)52(18-9-37-109-81(95)96)118-69(133)51(17-8-36-108-80(93)94)117-68(132)50(16-7-35-107-79(91)92)116-67(131)49(15-6-34-106-78(89)90)115-66(130)48(14-5-33-105-77(87)88)114-63(127)24-4-3-23-62-65-59(44-145-62)125-86(142)126-65/h25-29,31,43,48-59,62,65H,3-24,30,32-42,44H2,1-2H3,(H,114,127)(H,115,130)(H,116,131)(H,117,132)(H,118,133)(H,119,134)(H,120,135)(H,121,136)(H,122,139)(H,123,137)(H,124,138)(H,128,129)(H,140,141)(H4,87,88,105)(H4,89,90,106)(H4,91,92,107)(H4,93,94,108)(H4,95,96,109)(H4,97,98,110)(H4,99,100,111)(H4,101,102,112)(H4,103,104,113)(H2,125,126,142)/t48-,49-,50-,51-,52-,53-,54-,55-,56-,57-,58-,59-,62-,65-/m0/s1. The zero-order valence-electron chi connectivity index (χ0n) is 81.4. The normalized spacial score (nSPS) is 15.4. The maximum Gasteiger partial charge on any atom is 0.326 e. The number of methoxy groups -OCH3 is 2. The Morgan fingerprint density at radius 3 is 0.862 bits per heavy atom. The number of thioether (sulfide) groups is 1. The predicted molar refractivity (Wildman–Crippen MR) is 541 cm³/mol. The van der Waals surface area contributed by atoms with E-state index in [0.29, 0.717) is 41.9 Å². The van der Waals surface area contributed by atoms with Crippen LogP contribution in [0.4, 0.5) is 4.79 Å². The van der Waals surface area contributed by atoms with Gasteiger partial charge in [0.25, 0.3) is 0 Å². The molecular weight excluding hydrogens is 1910 g/mol. The number of ether oxygens (including phenoxy) is 2. The highest BCUT2D eigenvalue weighted by atomic mass is 32.2. The van der Waals surface area contributed by atoms with Crippen molar-refractivity contribution in [1.82, 2.24) is 117 Å². The Morgan fingerprint density at radius 1 is 0.338 bits per heavy atom. The van der Waals surface area contributed by atoms with Crippen molar-refractivity contribution >= 4 is 148 Å². The fourth-order valence-corrected chi connectivity index (χ4v) is 16.8. The third-order valence-corrected chi connectivity index (χ3v) is 24.2. The minimum absolute atomic E-state index is 0.00419. The van der Waals surface area contributed by atoms with Crippen LogP contribution in [0.2, 0.25) is 0 Å². The monoisotopic (exact) mass is 2060 g/mol. The molecule has 806 valence electrons. The molecule has 13 amide bonds. The topological polar surface area (TPSA) is 1010 Å². The first kappa shape index (κ1) is 121. The quantitative estimate of drug-likeness (QED) is 0.0127. The van der Waals surface area contributed by atoms with Crippen LogP contribution in [-0.2, 0) is 68.7 Å². The molecule has 0 bridgehead atoms. The average molecular weight is 2060 g/mol. The van der Waals surface area contributed by atoms with Crippen molar-refractivity contribution in [3.63, 3.8) is 0 Å². The molecule has 2 saturated heterocycles. The van der Waals surface area contributed by atoms with E-state index in [9.17, 15) is 53.4 Å². The molecule has 2 aromatic carbocycles. The van der Waals surface area contributed by atoms with Gasteiger partial charge in [-0.1, -0.05) is 36.8 Å². The third kappa shape index (κ3) is 49.4. The van der Waals surface area contributed by atoms with E-state index in [1.54, 1.807) is 54.2 Å². The van der Waals surface area contributed by atoms with Gasteiger partial charge in [-0.15, -0.1) is 0 Å². The molecule has 59 heteroatoms. The van der Waals surface area contributed by atoms with Gasteiger partial charge in [0.1, 0.15) is 66.5 Å². The average Bonchev–Trinajstić information content (AvgIpc) is 1.75. The van der Waals surface area contributed by atoms with E-state index in [1.165, 1.54) is 14.2 Å². The maximum atomic E-state index is 15.2. The van der Waals surface area contributed by atoms with Crippen LogP contribution in [0.5, 0.6) is 11.5 Å². The first-order valence-corrected chi connectivity index (χ1v) is 48.4. The molecule has 58 nitrogen and oxygen atoms in total. The molecule has 0 radical (unpaired) electrons. The van der Waals surface area contributed by atoms with Gasteiger partial charge < -0.3 is 188 Å². The van der Waals surface area contributed by atoms with Crippen LogP contribution in [0.3, 0.4) is 0 Å². The summed E-state index contributed by atoms with van der Waals surface area (Å²) in [5.74, 6) is -16.5. The fraction of sp³-hybridized carbons (Fsp3) is 0.593. The molecule has 51 N–H and O–H groups in total. The van der Waals surface area contributed by atoms with Crippen molar-refractivity contribution in [2.24, 2.45) is 51.6 Å². The number of guanidine groups is 9. The highest BCUT2D eigenvalue weighted by molar-refractivity contribution is 8.00. The smallest absolute Gasteiger partial charge is 0.326 e. The lowest BCUT2D eigenvalue weighted by Crippen LogP contribution is -2.61. The second-order valence-electron chi connectivity index (χ2n) is 34.2. The molecule has 2 aliphatic rings. The fourth-order valence-electron chi connectivity index (χ4n) is 15.3. The van der Waals surface area contributed by atoms with Gasteiger partial charge in [-0.3, -0.25) is 106 Å². The van der Waals surface area contributed by atoms with E-state index in [2.05, 4.69) is 117 Å². The van der Waals surface area contributed by atoms with E-state index in [0.717, 1.165) is 11.3 Å². The number of carbonyl (C=O) groups is 14. The number of unbranched alkanes of at least 4 members (excludes halogenated alkanes) is 1. The van der Waals surface area contributed by atoms with Crippen molar-refractivity contribution in [2.45, 2.75) is 244 Å². The number of aliphatic carboxylic acids is 2. The van der Waals surface area contributed by atoms with E-state index >= 15 is 24.0 Å². The molecule has 2 heterocycles. The summed E-state index contributed by atoms with van der Waals surface area (Å²) >= 11 is 1.71. The highest BCUT2D eigenvalue weighted by Crippen LogP contribution is 2.34. The summed E-state index contributed by atoms with van der Waals surface area (Å²) in [6.45, 7) is -0.509. The Morgan fingerprint density at radius 2 is 0.600 bits per heavy atom. The molecule has 0 saturated carbocycles. The van der Waals surface area contributed by atoms with E-state index in [1.807, 2.05) is 0 Å². The van der Waals surface area contributed by atoms with Crippen LogP contribution in [-0.4, -0.2) is 309 Å². The van der Waals surface area contributed by atoms with Crippen molar-refractivity contribution < 1.29 is 86.8 Å². The Balaban J connectivity index is 1.75. The highest BCUT2D eigenvalue weighted by Gasteiger charge is 2.43. The summed E-state index contributed by atoms with van der Waals surface area (Å²) < 4.78 is 10.8. The van der Waals surface area contributed by atoms with Gasteiger partial charge in [0, 0.05) is 89.2 Å². The summed E-state index contributed by atoms with van der Waals surface area (Å²) in [6.07, 6.45) is -2.60. The van der Waals surface area contributed by atoms with E-state index in [4.69, 9.17) is 110 Å². The molecular formula is C86H148N40O18S. The van der Waals surface area contributed by atoms with Crippen LogP contribution < -0.4 is 178 Å². The Labute approximate surface area is 842 Å². The number of urea groups is 1. The van der Waals surface area contributed by atoms with E-state index < -0.39 is 204 Å². The summed E-state index contributed by atoms with van der Waals surface area (Å²) in [5.41, 5.74) is 52.3. The number of rotatable bonds is 71. The van der Waals surface area contributed by atoms with Gasteiger partial charge >= 0.3 is 18.0 Å². The van der Waals surface area contributed by atoms with Crippen LogP contribution >= 0.6 is 11.8 Å². The number of carboxylic acid groups (broad SMARTS) is 2. The van der Waals surface area contributed by atoms with Crippen molar-refractivity contribution in [3.8, 4) is 22.6 Å². The van der Waals surface area contributed by atoms with Gasteiger partial charge in [-0.25, -0.2) is 9.59 Å². The molecule has 0 spiro atoms. The first-order chi connectivity index (χ1) is 68.9. The van der Waals surface area contributed by atoms with Gasteiger partial charge in [-0.05, 0) is 164 Å². The largest absolute Gasteiger partial charge is 0.493 e. The number of benzene rings is 2. The van der Waals surface area contributed by atoms with Crippen LogP contribution in [0.1, 0.15) is 160 Å². The van der Waals surface area contributed by atoms with E-state index in [-0.39, 0.29) is 217 Å². The van der Waals surface area contributed by atoms with Crippen molar-refractivity contribution in [3.05, 3.63) is 48.0 Å². The summed E-state index contributed by atoms with van der Waals surface area (Å²) in [7, 11) is 2.96. The molecule has 0 unspecified atom stereocenters. The number of carbonyl (C=O) groups excluding carboxylic acids is 12. The number of carboxylic acids is 2. The lowest BCUT2D eigenvalue weighted by molar-refractivity contribution is -0.142. The Bertz CT molecular complexity index is 4730. The molecule has 2 aromatic rings. The number of fused-ring (bicyclic) bond motifs is 1. The predicted octanol–water partition coefficient (Wildman–Crippen LogP) is -8.71. The van der Waals surface area contributed by atoms with Gasteiger partial charge in [0.2, 0.25) is 65.0 Å². The second kappa shape index (κ2) is 66.1. The van der Waals surface area contributed by atoms with Gasteiger partial charge in [0.05, 0.1) is 26.3 Å². The number of hydrogen-bond donors (Lipinski definition) is 42. The Hall–Kier alpha value is -15.8. The lowest BCUT2D eigenvalue weighted by Gasteiger charge is -2.29. The SMILES string of the molecule is COc1ccc(-c2ccc(C[C@H](NC(=O)[C@H](CCCNC(=N)N)NC(=O)[C@H](CCC(=O)O)NC(=O)[C@H](CCCNC(=N)N)NC(=O)[C@H](CCCNC(=N)N)NC(=O)[C@H](CCCNC(=N)N)NC(=O)[C@H](CCCNC(=N)N)NC(=O)[C@H](CCCNC(=N)N)NC(=O)[C@H](CCCNC(=N)N)NC(=O)[C@H](CCCNC(=N)N)NC(=O)[C@H](CCCNC(=N)N)NC(=O)CCCC[C@@H]3SC[C@@H]4NC(=O)N[C@@H]43)C(=O)O)cc2)cc1OC. The van der Waals surface area contributed by atoms with Crippen LogP contribution in [0.15, 0.2) is 42.5 Å². The van der Waals surface area contributed by atoms with Gasteiger partial charge in [0.15, 0.2) is 65.1 Å². The molecule has 145 heavy (non-hydrogen) atoms. The zero-order valence-corrected chi connectivity index (χ0v) is 82.2. The number of amides is 13. The lowest BCUT2D eigenvalue weighted by atomic mass is 10.00. The molecule has 2 aliphatic heterocycles. The minimum atomic E-state index is -1.85. The molecule has 2 fully saturated rings. The van der Waals surface area contributed by atoms with Gasteiger partial charge in [-0.2, -0.15) is 11.8 Å². The molecule has 14 atom stereocenters. The zero-order chi connectivity index (χ0) is 108. The van der Waals surface area contributed by atoms with Crippen molar-refractivity contribution in [2.75, 3.05) is 78.9 Å². The minimum Gasteiger partial charge on any atom is -0.493 e. The Kier molecular flexibility index (Phi) is 55.4. The maximum absolute atomic E-state index is 15.2. The van der Waals surface area contributed by atoms with Crippen LogP contribution in [0, 0.1) is 48.7 Å². The number of nitrogens with two attached hydrogens (primary N) is 9. The molecule has 4 rings (SSSR count). The second-order valence-corrected chi connectivity index (χ2v) is 35.5. The number of hydrogen-bond acceptors (Lipinski definition) is 26. The first-order valence-electron chi connectivity index (χ1n) is 47.4. The summed E-state index contributed by atoms with van der Waals surface area (Å²) in [5, 5.41) is 149. The van der Waals surface area contributed by atoms with Crippen LogP contribution in [0.25, 0.3) is 11.1 Å². The summed E-state index contributed by atoms with van der Waals surface area (Å²) in [6, 6.07) is -6.40. The molecule has 0 aliphatic carbocycles. The third-order valence-electron chi connectivity index (χ3n) is 22.7. The molecule has 0 aromatic heterocycles. The van der Waals surface area contributed by atoms with Crippen molar-refractivity contribution in [1.29, 1.82) is 48.7 Å². The summed E-state index contributed by atoms with van der Waals surface area (Å²) in [4.78, 5) is 200. The number of nitrogens with one attached hydrogen (secondary N) is 31.